The number of carbonyl (C=O) groups is 3. The van der Waals surface area contributed by atoms with E-state index in [1.807, 2.05) is 61.4 Å². The fourth-order valence-corrected chi connectivity index (χ4v) is 6.16. The second-order valence-electron chi connectivity index (χ2n) is 9.39. The Balaban J connectivity index is 1.61. The van der Waals surface area contributed by atoms with Crippen molar-refractivity contribution < 1.29 is 19.1 Å². The zero-order valence-electron chi connectivity index (χ0n) is 22.1. The molecule has 4 rings (SSSR count). The van der Waals surface area contributed by atoms with Gasteiger partial charge in [-0.05, 0) is 51.5 Å². The lowest BCUT2D eigenvalue weighted by Gasteiger charge is -2.38. The first kappa shape index (κ1) is 27.0. The summed E-state index contributed by atoms with van der Waals surface area (Å²) in [4.78, 5) is 49.9. The summed E-state index contributed by atoms with van der Waals surface area (Å²) in [6.45, 7) is 10.2. The number of benzene rings is 1. The summed E-state index contributed by atoms with van der Waals surface area (Å²) in [6.07, 6.45) is 1.69. The molecule has 1 aromatic carbocycles. The third-order valence-corrected chi connectivity index (χ3v) is 8.01. The summed E-state index contributed by atoms with van der Waals surface area (Å²) in [6, 6.07) is 9.57. The van der Waals surface area contributed by atoms with E-state index in [0.717, 1.165) is 29.3 Å². The number of aliphatic imine (C=N–C) groups is 1. The Kier molecular flexibility index (Phi) is 8.74. The van der Waals surface area contributed by atoms with Crippen molar-refractivity contribution in [1.82, 2.24) is 14.7 Å². The normalized spacial score (nSPS) is 21.3. The molecule has 0 aliphatic carbocycles. The van der Waals surface area contributed by atoms with Gasteiger partial charge in [-0.25, -0.2) is 4.99 Å². The molecule has 0 radical (unpaired) electrons. The van der Waals surface area contributed by atoms with Crippen molar-refractivity contribution in [1.29, 1.82) is 0 Å². The van der Waals surface area contributed by atoms with Crippen molar-refractivity contribution in [2.45, 2.75) is 53.0 Å². The number of piperidine rings is 1. The van der Waals surface area contributed by atoms with Gasteiger partial charge in [0, 0.05) is 31.9 Å². The predicted octanol–water partition coefficient (Wildman–Crippen LogP) is 4.32. The highest BCUT2D eigenvalue weighted by Gasteiger charge is 2.42. The van der Waals surface area contributed by atoms with Crippen LogP contribution in [0.5, 0.6) is 0 Å². The molecule has 0 aromatic heterocycles. The van der Waals surface area contributed by atoms with Crippen LogP contribution in [-0.2, 0) is 19.1 Å². The lowest BCUT2D eigenvalue weighted by atomic mass is 9.92. The van der Waals surface area contributed by atoms with E-state index >= 15 is 0 Å². The van der Waals surface area contributed by atoms with Crippen LogP contribution in [0.1, 0.15) is 58.6 Å². The third-order valence-electron chi connectivity index (χ3n) is 7.12. The third kappa shape index (κ3) is 5.61. The number of rotatable bonds is 8. The van der Waals surface area contributed by atoms with Crippen LogP contribution in [0.2, 0.25) is 0 Å². The number of allylic oxidation sites excluding steroid dienone is 1. The van der Waals surface area contributed by atoms with E-state index in [1.54, 1.807) is 11.8 Å². The van der Waals surface area contributed by atoms with Crippen molar-refractivity contribution in [3.8, 4) is 0 Å². The van der Waals surface area contributed by atoms with Gasteiger partial charge in [0.05, 0.1) is 36.3 Å². The van der Waals surface area contributed by atoms with Gasteiger partial charge in [-0.1, -0.05) is 42.1 Å². The van der Waals surface area contributed by atoms with Crippen LogP contribution >= 0.6 is 11.8 Å². The average molecular weight is 525 g/mol. The number of thioether (sulfide) groups is 1. The zero-order valence-corrected chi connectivity index (χ0v) is 22.9. The van der Waals surface area contributed by atoms with Gasteiger partial charge in [0.25, 0.3) is 5.91 Å². The Morgan fingerprint density at radius 3 is 2.54 bits per heavy atom. The van der Waals surface area contributed by atoms with E-state index in [-0.39, 0.29) is 36.2 Å². The Labute approximate surface area is 223 Å². The van der Waals surface area contributed by atoms with Gasteiger partial charge in [0.2, 0.25) is 5.91 Å². The van der Waals surface area contributed by atoms with Crippen LogP contribution in [-0.4, -0.2) is 70.4 Å². The smallest absolute Gasteiger partial charge is 0.310 e. The minimum Gasteiger partial charge on any atom is -0.466 e. The molecule has 0 saturated carbocycles. The van der Waals surface area contributed by atoms with Gasteiger partial charge in [-0.3, -0.25) is 14.4 Å². The first-order valence-electron chi connectivity index (χ1n) is 13.1. The minimum absolute atomic E-state index is 0.0307. The number of hydrogen-bond acceptors (Lipinski definition) is 7. The lowest BCUT2D eigenvalue weighted by Crippen LogP contribution is -2.44. The largest absolute Gasteiger partial charge is 0.466 e. The highest BCUT2D eigenvalue weighted by molar-refractivity contribution is 8.16. The molecule has 2 amide bonds. The standard InChI is InChI=1S/C28H36N4O4S/c1-5-30(6-2)26(34)24-19(4)29-28-32(25(24)20-12-9-8-10-13-20)22(18-37-28)16-23(33)31-15-11-14-21(17-31)27(35)36-7-3/h8-10,12-13,18,21,25H,5-7,11,14-17H2,1-4H3. The summed E-state index contributed by atoms with van der Waals surface area (Å²) in [5, 5.41) is 2.74. The molecule has 1 fully saturated rings. The summed E-state index contributed by atoms with van der Waals surface area (Å²) < 4.78 is 5.20. The van der Waals surface area contributed by atoms with Crippen molar-refractivity contribution in [2.24, 2.45) is 10.9 Å². The number of fused-ring (bicyclic) bond motifs is 1. The number of likely N-dealkylation sites (N-methyl/N-ethyl adjacent to an activating group) is 1. The molecule has 1 saturated heterocycles. The van der Waals surface area contributed by atoms with E-state index in [1.165, 1.54) is 11.8 Å². The molecule has 1 aromatic rings. The van der Waals surface area contributed by atoms with Crippen LogP contribution in [0, 0.1) is 5.92 Å². The van der Waals surface area contributed by atoms with Crippen LogP contribution in [0.4, 0.5) is 0 Å². The van der Waals surface area contributed by atoms with E-state index in [2.05, 4.69) is 4.90 Å². The first-order valence-corrected chi connectivity index (χ1v) is 14.0. The fourth-order valence-electron chi connectivity index (χ4n) is 5.20. The number of amidine groups is 1. The van der Waals surface area contributed by atoms with Gasteiger partial charge >= 0.3 is 5.97 Å². The Hall–Kier alpha value is -3.07. The Bertz CT molecular complexity index is 1130. The van der Waals surface area contributed by atoms with E-state index < -0.39 is 0 Å². The SMILES string of the molecule is CCOC(=O)C1CCCN(C(=O)CC2=CSC3=NC(C)=C(C(=O)N(CC)CC)C(c4ccccc4)N23)C1. The second kappa shape index (κ2) is 12.0. The molecule has 0 spiro atoms. The fraction of sp³-hybridized carbons (Fsp3) is 0.500. The maximum Gasteiger partial charge on any atom is 0.310 e. The quantitative estimate of drug-likeness (QED) is 0.471. The van der Waals surface area contributed by atoms with Crippen molar-refractivity contribution >= 4 is 34.7 Å². The molecule has 0 bridgehead atoms. The van der Waals surface area contributed by atoms with Crippen LogP contribution in [0.15, 0.2) is 57.7 Å². The number of likely N-dealkylation sites (tertiary alicyclic amines) is 1. The lowest BCUT2D eigenvalue weighted by molar-refractivity contribution is -0.151. The van der Waals surface area contributed by atoms with Crippen molar-refractivity contribution in [3.05, 3.63) is 58.3 Å². The van der Waals surface area contributed by atoms with Gasteiger partial charge in [-0.15, -0.1) is 0 Å². The zero-order chi connectivity index (χ0) is 26.5. The average Bonchev–Trinajstić information content (AvgIpc) is 3.30. The maximum atomic E-state index is 13.7. The summed E-state index contributed by atoms with van der Waals surface area (Å²) >= 11 is 1.48. The highest BCUT2D eigenvalue weighted by Crippen LogP contribution is 2.45. The van der Waals surface area contributed by atoms with E-state index in [4.69, 9.17) is 9.73 Å². The van der Waals surface area contributed by atoms with E-state index in [9.17, 15) is 14.4 Å². The van der Waals surface area contributed by atoms with Crippen molar-refractivity contribution in [3.63, 3.8) is 0 Å². The maximum absolute atomic E-state index is 13.7. The van der Waals surface area contributed by atoms with Crippen LogP contribution in [0.25, 0.3) is 0 Å². The van der Waals surface area contributed by atoms with E-state index in [0.29, 0.717) is 44.1 Å². The molecule has 0 N–H and O–H groups in total. The predicted molar refractivity (Wildman–Crippen MR) is 145 cm³/mol. The Morgan fingerprint density at radius 1 is 1.14 bits per heavy atom. The van der Waals surface area contributed by atoms with Crippen LogP contribution < -0.4 is 0 Å². The minimum atomic E-state index is -0.371. The number of carbonyl (C=O) groups excluding carboxylic acids is 3. The Morgan fingerprint density at radius 2 is 1.86 bits per heavy atom. The molecule has 3 aliphatic heterocycles. The summed E-state index contributed by atoms with van der Waals surface area (Å²) in [7, 11) is 0. The molecule has 37 heavy (non-hydrogen) atoms. The molecule has 2 unspecified atom stereocenters. The molecule has 3 heterocycles. The van der Waals surface area contributed by atoms with Crippen molar-refractivity contribution in [2.75, 3.05) is 32.8 Å². The number of hydrogen-bond donors (Lipinski definition) is 0. The number of amides is 2. The molecular weight excluding hydrogens is 488 g/mol. The summed E-state index contributed by atoms with van der Waals surface area (Å²) in [5.74, 6) is -0.574. The van der Waals surface area contributed by atoms with Crippen LogP contribution in [0.3, 0.4) is 0 Å². The molecule has 3 aliphatic rings. The van der Waals surface area contributed by atoms with Gasteiger partial charge in [-0.2, -0.15) is 0 Å². The van der Waals surface area contributed by atoms with Gasteiger partial charge < -0.3 is 19.4 Å². The second-order valence-corrected chi connectivity index (χ2v) is 10.2. The molecular formula is C28H36N4O4S. The topological polar surface area (TPSA) is 82.5 Å². The highest BCUT2D eigenvalue weighted by atomic mass is 32.2. The number of ether oxygens (including phenoxy) is 1. The summed E-state index contributed by atoms with van der Waals surface area (Å²) in [5.41, 5.74) is 3.14. The number of nitrogens with zero attached hydrogens (tertiary/aromatic N) is 4. The monoisotopic (exact) mass is 524 g/mol. The number of esters is 1. The molecule has 2 atom stereocenters. The first-order chi connectivity index (χ1) is 17.9. The molecule has 198 valence electrons. The molecule has 8 nitrogen and oxygen atoms in total. The van der Waals surface area contributed by atoms with Gasteiger partial charge in [0.1, 0.15) is 0 Å². The van der Waals surface area contributed by atoms with Gasteiger partial charge in [0.15, 0.2) is 5.17 Å². The molecule has 9 heteroatoms.